The number of aryl methyl sites for hydroxylation is 1. The standard InChI is InChI=1S/C14H24N2O2S/c1-5-11(3)10-16(6-2)19(17,18)14-12(4)8-7-9-13(14)15/h7-9,11H,5-6,10,15H2,1-4H3. The lowest BCUT2D eigenvalue weighted by Crippen LogP contribution is -2.35. The summed E-state index contributed by atoms with van der Waals surface area (Å²) in [6.45, 7) is 8.74. The summed E-state index contributed by atoms with van der Waals surface area (Å²) in [4.78, 5) is 0.250. The van der Waals surface area contributed by atoms with Crippen molar-refractivity contribution in [1.29, 1.82) is 0 Å². The maximum absolute atomic E-state index is 12.7. The van der Waals surface area contributed by atoms with Crippen LogP contribution in [0.4, 0.5) is 5.69 Å². The van der Waals surface area contributed by atoms with E-state index in [0.717, 1.165) is 6.42 Å². The van der Waals surface area contributed by atoms with Gasteiger partial charge in [0.25, 0.3) is 0 Å². The van der Waals surface area contributed by atoms with Crippen LogP contribution in [0, 0.1) is 12.8 Å². The molecule has 1 unspecified atom stereocenters. The summed E-state index contributed by atoms with van der Waals surface area (Å²) in [5, 5.41) is 0. The minimum absolute atomic E-state index is 0.250. The van der Waals surface area contributed by atoms with E-state index in [2.05, 4.69) is 13.8 Å². The number of nitrogens with zero attached hydrogens (tertiary/aromatic N) is 1. The summed E-state index contributed by atoms with van der Waals surface area (Å²) in [5.41, 5.74) is 6.88. The first-order chi connectivity index (χ1) is 8.84. The Hall–Kier alpha value is -1.07. The lowest BCUT2D eigenvalue weighted by molar-refractivity contribution is 0.361. The molecule has 108 valence electrons. The van der Waals surface area contributed by atoms with Gasteiger partial charge in [0, 0.05) is 13.1 Å². The van der Waals surface area contributed by atoms with Crippen molar-refractivity contribution < 1.29 is 8.42 Å². The summed E-state index contributed by atoms with van der Waals surface area (Å²) < 4.78 is 26.9. The average molecular weight is 284 g/mol. The highest BCUT2D eigenvalue weighted by atomic mass is 32.2. The van der Waals surface area contributed by atoms with Gasteiger partial charge in [-0.3, -0.25) is 0 Å². The van der Waals surface area contributed by atoms with E-state index in [-0.39, 0.29) is 4.90 Å². The van der Waals surface area contributed by atoms with Gasteiger partial charge in [-0.25, -0.2) is 8.42 Å². The number of benzene rings is 1. The zero-order valence-corrected chi connectivity index (χ0v) is 13.0. The van der Waals surface area contributed by atoms with Gasteiger partial charge < -0.3 is 5.73 Å². The Balaban J connectivity index is 3.21. The Labute approximate surface area is 116 Å². The smallest absolute Gasteiger partial charge is 0.245 e. The Kier molecular flexibility index (Phi) is 5.38. The normalized spacial score (nSPS) is 13.7. The number of nitrogens with two attached hydrogens (primary N) is 1. The third-order valence-corrected chi connectivity index (χ3v) is 5.57. The largest absolute Gasteiger partial charge is 0.398 e. The minimum atomic E-state index is -3.51. The first kappa shape index (κ1) is 16.0. The minimum Gasteiger partial charge on any atom is -0.398 e. The molecule has 1 aromatic rings. The van der Waals surface area contributed by atoms with E-state index in [9.17, 15) is 8.42 Å². The van der Waals surface area contributed by atoms with Gasteiger partial charge in [0.15, 0.2) is 0 Å². The Morgan fingerprint density at radius 3 is 2.42 bits per heavy atom. The van der Waals surface area contributed by atoms with Crippen LogP contribution in [0.25, 0.3) is 0 Å². The van der Waals surface area contributed by atoms with Gasteiger partial charge in [-0.05, 0) is 24.5 Å². The first-order valence-corrected chi connectivity index (χ1v) is 8.13. The number of anilines is 1. The zero-order valence-electron chi connectivity index (χ0n) is 12.2. The van der Waals surface area contributed by atoms with Crippen molar-refractivity contribution in [2.24, 2.45) is 5.92 Å². The second-order valence-corrected chi connectivity index (χ2v) is 6.84. The third kappa shape index (κ3) is 3.48. The van der Waals surface area contributed by atoms with Crippen molar-refractivity contribution >= 4 is 15.7 Å². The molecule has 0 amide bonds. The van der Waals surface area contributed by atoms with Crippen LogP contribution in [0.1, 0.15) is 32.8 Å². The molecule has 0 saturated carbocycles. The molecule has 4 nitrogen and oxygen atoms in total. The third-order valence-electron chi connectivity index (χ3n) is 3.41. The van der Waals surface area contributed by atoms with Crippen LogP contribution in [0.5, 0.6) is 0 Å². The van der Waals surface area contributed by atoms with Gasteiger partial charge in [0.05, 0.1) is 5.69 Å². The molecule has 1 aromatic carbocycles. The topological polar surface area (TPSA) is 63.4 Å². The average Bonchev–Trinajstić information content (AvgIpc) is 2.34. The van der Waals surface area contributed by atoms with Crippen molar-refractivity contribution in [3.05, 3.63) is 23.8 Å². The van der Waals surface area contributed by atoms with Crippen LogP contribution < -0.4 is 5.73 Å². The number of rotatable bonds is 6. The zero-order chi connectivity index (χ0) is 14.6. The van der Waals surface area contributed by atoms with Crippen molar-refractivity contribution in [1.82, 2.24) is 4.31 Å². The van der Waals surface area contributed by atoms with Crippen LogP contribution in [0.2, 0.25) is 0 Å². The van der Waals surface area contributed by atoms with Gasteiger partial charge in [0.2, 0.25) is 10.0 Å². The molecule has 0 saturated heterocycles. The van der Waals surface area contributed by atoms with Crippen LogP contribution in [0.3, 0.4) is 0 Å². The quantitative estimate of drug-likeness (QED) is 0.817. The summed E-state index contributed by atoms with van der Waals surface area (Å²) in [6, 6.07) is 5.19. The molecule has 5 heteroatoms. The van der Waals surface area contributed by atoms with Gasteiger partial charge in [-0.1, -0.05) is 39.3 Å². The number of nitrogen functional groups attached to an aromatic ring is 1. The summed E-state index contributed by atoms with van der Waals surface area (Å²) in [5.74, 6) is 0.333. The van der Waals surface area contributed by atoms with E-state index in [1.807, 2.05) is 6.92 Å². The maximum Gasteiger partial charge on any atom is 0.245 e. The number of hydrogen-bond acceptors (Lipinski definition) is 3. The lowest BCUT2D eigenvalue weighted by atomic mass is 10.1. The van der Waals surface area contributed by atoms with E-state index in [0.29, 0.717) is 30.3 Å². The first-order valence-electron chi connectivity index (χ1n) is 6.69. The van der Waals surface area contributed by atoms with Gasteiger partial charge in [-0.2, -0.15) is 4.31 Å². The monoisotopic (exact) mass is 284 g/mol. The molecular weight excluding hydrogens is 260 g/mol. The van der Waals surface area contributed by atoms with E-state index >= 15 is 0 Å². The summed E-state index contributed by atoms with van der Waals surface area (Å²) in [6.07, 6.45) is 0.954. The van der Waals surface area contributed by atoms with Crippen LogP contribution in [0.15, 0.2) is 23.1 Å². The highest BCUT2D eigenvalue weighted by Gasteiger charge is 2.27. The highest BCUT2D eigenvalue weighted by molar-refractivity contribution is 7.89. The lowest BCUT2D eigenvalue weighted by Gasteiger charge is -2.25. The molecule has 0 aromatic heterocycles. The SMILES string of the molecule is CCC(C)CN(CC)S(=O)(=O)c1c(C)cccc1N. The second-order valence-electron chi connectivity index (χ2n) is 4.96. The molecule has 19 heavy (non-hydrogen) atoms. The molecule has 1 atom stereocenters. The molecule has 0 aliphatic heterocycles. The van der Waals surface area contributed by atoms with Gasteiger partial charge in [-0.15, -0.1) is 0 Å². The molecule has 0 heterocycles. The summed E-state index contributed by atoms with van der Waals surface area (Å²) in [7, 11) is -3.51. The number of hydrogen-bond donors (Lipinski definition) is 1. The molecule has 0 radical (unpaired) electrons. The molecule has 0 fully saturated rings. The fraction of sp³-hybridized carbons (Fsp3) is 0.571. The fourth-order valence-electron chi connectivity index (χ4n) is 2.03. The predicted molar refractivity (Wildman–Crippen MR) is 79.5 cm³/mol. The van der Waals surface area contributed by atoms with Gasteiger partial charge >= 0.3 is 0 Å². The summed E-state index contributed by atoms with van der Waals surface area (Å²) >= 11 is 0. The van der Waals surface area contributed by atoms with Crippen molar-refractivity contribution in [3.63, 3.8) is 0 Å². The van der Waals surface area contributed by atoms with E-state index in [1.165, 1.54) is 4.31 Å². The van der Waals surface area contributed by atoms with E-state index in [4.69, 9.17) is 5.73 Å². The van der Waals surface area contributed by atoms with Crippen molar-refractivity contribution in [3.8, 4) is 0 Å². The Bertz CT molecular complexity index is 506. The Morgan fingerprint density at radius 1 is 1.32 bits per heavy atom. The van der Waals surface area contributed by atoms with Crippen molar-refractivity contribution in [2.75, 3.05) is 18.8 Å². The van der Waals surface area contributed by atoms with E-state index in [1.54, 1.807) is 25.1 Å². The maximum atomic E-state index is 12.7. The molecule has 0 bridgehead atoms. The molecule has 0 aliphatic rings. The van der Waals surface area contributed by atoms with Crippen LogP contribution in [-0.2, 0) is 10.0 Å². The predicted octanol–water partition coefficient (Wildman–Crippen LogP) is 2.63. The van der Waals surface area contributed by atoms with Gasteiger partial charge in [0.1, 0.15) is 4.90 Å². The van der Waals surface area contributed by atoms with Crippen molar-refractivity contribution in [2.45, 2.75) is 39.0 Å². The molecule has 0 spiro atoms. The van der Waals surface area contributed by atoms with Crippen LogP contribution in [-0.4, -0.2) is 25.8 Å². The molecule has 2 N–H and O–H groups in total. The second kappa shape index (κ2) is 6.39. The number of sulfonamides is 1. The highest BCUT2D eigenvalue weighted by Crippen LogP contribution is 2.26. The Morgan fingerprint density at radius 2 is 1.95 bits per heavy atom. The van der Waals surface area contributed by atoms with Crippen LogP contribution >= 0.6 is 0 Å². The van der Waals surface area contributed by atoms with E-state index < -0.39 is 10.0 Å². The molecular formula is C14H24N2O2S. The molecule has 0 aliphatic carbocycles. The fourth-order valence-corrected chi connectivity index (χ4v) is 3.92. The molecule has 1 rings (SSSR count).